The van der Waals surface area contributed by atoms with Crippen molar-refractivity contribution in [3.05, 3.63) is 53.6 Å². The minimum atomic E-state index is -4.10. The Balaban J connectivity index is 1.87. The molecule has 0 saturated carbocycles. The van der Waals surface area contributed by atoms with Gasteiger partial charge in [0.05, 0.1) is 17.1 Å². The maximum atomic E-state index is 14.6. The van der Waals surface area contributed by atoms with Gasteiger partial charge in [-0.3, -0.25) is 4.31 Å². The molecule has 0 spiro atoms. The molecule has 2 aliphatic heterocycles. The number of anilines is 1. The quantitative estimate of drug-likeness (QED) is 0.818. The Morgan fingerprint density at radius 2 is 1.83 bits per heavy atom. The monoisotopic (exact) mass is 422 g/mol. The molecule has 0 amide bonds. The highest BCUT2D eigenvalue weighted by atomic mass is 32.2. The summed E-state index contributed by atoms with van der Waals surface area (Å²) in [5, 5.41) is 3.28. The number of benzene rings is 2. The lowest BCUT2D eigenvalue weighted by molar-refractivity contribution is 0.108. The summed E-state index contributed by atoms with van der Waals surface area (Å²) in [5.41, 5.74) is 0.0308. The SMILES string of the molecule is CC1(C)CN(S(=O)(=O)c2cccc(F)c2)c2cc(F)cc(C3CCNCC3)c2O1. The first-order valence-electron chi connectivity index (χ1n) is 9.69. The van der Waals surface area contributed by atoms with Crippen molar-refractivity contribution >= 4 is 15.7 Å². The molecule has 0 radical (unpaired) electrons. The number of fused-ring (bicyclic) bond motifs is 1. The van der Waals surface area contributed by atoms with E-state index in [0.717, 1.165) is 36.3 Å². The van der Waals surface area contributed by atoms with E-state index in [1.54, 1.807) is 13.8 Å². The zero-order chi connectivity index (χ0) is 20.8. The van der Waals surface area contributed by atoms with Crippen molar-refractivity contribution in [2.24, 2.45) is 0 Å². The molecular formula is C21H24F2N2O3S. The summed E-state index contributed by atoms with van der Waals surface area (Å²) in [6.07, 6.45) is 1.63. The molecular weight excluding hydrogens is 398 g/mol. The fraction of sp³-hybridized carbons (Fsp3) is 0.429. The second-order valence-corrected chi connectivity index (χ2v) is 10.1. The molecule has 0 bridgehead atoms. The molecule has 0 aromatic heterocycles. The standard InChI is InChI=1S/C21H24F2N2O3S/c1-21(2)13-25(29(26,27)17-5-3-4-15(22)10-17)19-12-16(23)11-18(20(19)28-21)14-6-8-24-9-7-14/h3-5,10-12,14,24H,6-9,13H2,1-2H3. The van der Waals surface area contributed by atoms with E-state index in [2.05, 4.69) is 5.32 Å². The van der Waals surface area contributed by atoms with Gasteiger partial charge in [-0.2, -0.15) is 0 Å². The van der Waals surface area contributed by atoms with Crippen LogP contribution in [0.3, 0.4) is 0 Å². The van der Waals surface area contributed by atoms with Crippen LogP contribution in [-0.2, 0) is 10.0 Å². The first-order chi connectivity index (χ1) is 13.7. The molecule has 2 aromatic carbocycles. The highest BCUT2D eigenvalue weighted by Crippen LogP contribution is 2.46. The van der Waals surface area contributed by atoms with E-state index in [-0.39, 0.29) is 23.0 Å². The van der Waals surface area contributed by atoms with Gasteiger partial charge >= 0.3 is 0 Å². The lowest BCUT2D eigenvalue weighted by atomic mass is 9.88. The Bertz CT molecular complexity index is 1030. The van der Waals surface area contributed by atoms with Crippen molar-refractivity contribution in [2.45, 2.75) is 43.1 Å². The second-order valence-electron chi connectivity index (χ2n) is 8.20. The molecule has 1 N–H and O–H groups in total. The predicted octanol–water partition coefficient (Wildman–Crippen LogP) is 3.80. The molecule has 0 unspecified atom stereocenters. The molecule has 1 fully saturated rings. The summed E-state index contributed by atoms with van der Waals surface area (Å²) in [6, 6.07) is 7.49. The Morgan fingerprint density at radius 3 is 2.52 bits per heavy atom. The smallest absolute Gasteiger partial charge is 0.264 e. The van der Waals surface area contributed by atoms with Crippen molar-refractivity contribution in [1.29, 1.82) is 0 Å². The van der Waals surface area contributed by atoms with Crippen molar-refractivity contribution in [2.75, 3.05) is 23.9 Å². The maximum absolute atomic E-state index is 14.6. The topological polar surface area (TPSA) is 58.6 Å². The predicted molar refractivity (Wildman–Crippen MR) is 107 cm³/mol. The fourth-order valence-corrected chi connectivity index (χ4v) is 5.68. The largest absolute Gasteiger partial charge is 0.483 e. The number of nitrogens with zero attached hydrogens (tertiary/aromatic N) is 1. The molecule has 5 nitrogen and oxygen atoms in total. The number of rotatable bonds is 3. The molecule has 8 heteroatoms. The molecule has 29 heavy (non-hydrogen) atoms. The first kappa shape index (κ1) is 20.1. The summed E-state index contributed by atoms with van der Waals surface area (Å²) >= 11 is 0. The summed E-state index contributed by atoms with van der Waals surface area (Å²) in [6.45, 7) is 5.20. The molecule has 156 valence electrons. The molecule has 0 atom stereocenters. The summed E-state index contributed by atoms with van der Waals surface area (Å²) in [4.78, 5) is -0.172. The third kappa shape index (κ3) is 3.83. The van der Waals surface area contributed by atoms with Crippen molar-refractivity contribution < 1.29 is 21.9 Å². The number of piperidine rings is 1. The van der Waals surface area contributed by atoms with E-state index in [9.17, 15) is 17.2 Å². The first-order valence-corrected chi connectivity index (χ1v) is 11.1. The summed E-state index contributed by atoms with van der Waals surface area (Å²) in [5.74, 6) is -0.684. The van der Waals surface area contributed by atoms with Gasteiger partial charge in [0.25, 0.3) is 10.0 Å². The van der Waals surface area contributed by atoms with Gasteiger partial charge in [0.1, 0.15) is 23.0 Å². The molecule has 2 aromatic rings. The van der Waals surface area contributed by atoms with Gasteiger partial charge in [-0.1, -0.05) is 6.07 Å². The van der Waals surface area contributed by atoms with Gasteiger partial charge in [-0.25, -0.2) is 17.2 Å². The van der Waals surface area contributed by atoms with Gasteiger partial charge in [-0.15, -0.1) is 0 Å². The third-order valence-corrected chi connectivity index (χ3v) is 7.15. The Labute approximate surface area is 169 Å². The number of ether oxygens (including phenoxy) is 1. The molecule has 2 heterocycles. The minimum absolute atomic E-state index is 0.00599. The number of nitrogens with one attached hydrogen (secondary N) is 1. The minimum Gasteiger partial charge on any atom is -0.483 e. The van der Waals surface area contributed by atoms with E-state index in [0.29, 0.717) is 11.3 Å². The Morgan fingerprint density at radius 1 is 1.10 bits per heavy atom. The number of hydrogen-bond acceptors (Lipinski definition) is 4. The van der Waals surface area contributed by atoms with Crippen LogP contribution in [-0.4, -0.2) is 33.7 Å². The van der Waals surface area contributed by atoms with Crippen LogP contribution in [0, 0.1) is 11.6 Å². The van der Waals surface area contributed by atoms with E-state index in [1.165, 1.54) is 30.3 Å². The highest BCUT2D eigenvalue weighted by Gasteiger charge is 2.41. The fourth-order valence-electron chi connectivity index (χ4n) is 4.04. The number of sulfonamides is 1. The Hall–Kier alpha value is -2.19. The van der Waals surface area contributed by atoms with Crippen LogP contribution in [0.2, 0.25) is 0 Å². The second kappa shape index (κ2) is 7.25. The Kier molecular flexibility index (Phi) is 5.02. The van der Waals surface area contributed by atoms with Crippen LogP contribution in [0.25, 0.3) is 0 Å². The van der Waals surface area contributed by atoms with Crippen LogP contribution in [0.15, 0.2) is 41.3 Å². The number of halogens is 2. The third-order valence-electron chi connectivity index (χ3n) is 5.40. The lowest BCUT2D eigenvalue weighted by Crippen LogP contribution is -2.49. The van der Waals surface area contributed by atoms with E-state index in [4.69, 9.17) is 4.74 Å². The van der Waals surface area contributed by atoms with Gasteiger partial charge in [-0.05, 0) is 70.0 Å². The van der Waals surface area contributed by atoms with Crippen LogP contribution < -0.4 is 14.4 Å². The maximum Gasteiger partial charge on any atom is 0.264 e. The highest BCUT2D eigenvalue weighted by molar-refractivity contribution is 7.92. The van der Waals surface area contributed by atoms with E-state index in [1.807, 2.05) is 0 Å². The zero-order valence-electron chi connectivity index (χ0n) is 16.4. The van der Waals surface area contributed by atoms with Gasteiger partial charge in [0, 0.05) is 11.6 Å². The molecule has 4 rings (SSSR count). The van der Waals surface area contributed by atoms with Crippen LogP contribution in [0.1, 0.15) is 38.2 Å². The van der Waals surface area contributed by atoms with E-state index < -0.39 is 27.3 Å². The average molecular weight is 422 g/mol. The van der Waals surface area contributed by atoms with Gasteiger partial charge < -0.3 is 10.1 Å². The molecule has 2 aliphatic rings. The van der Waals surface area contributed by atoms with Crippen LogP contribution in [0.4, 0.5) is 14.5 Å². The van der Waals surface area contributed by atoms with E-state index >= 15 is 0 Å². The zero-order valence-corrected chi connectivity index (χ0v) is 17.2. The van der Waals surface area contributed by atoms with Gasteiger partial charge in [0.15, 0.2) is 0 Å². The van der Waals surface area contributed by atoms with Crippen molar-refractivity contribution in [1.82, 2.24) is 5.32 Å². The van der Waals surface area contributed by atoms with Crippen molar-refractivity contribution in [3.63, 3.8) is 0 Å². The lowest BCUT2D eigenvalue weighted by Gasteiger charge is -2.41. The van der Waals surface area contributed by atoms with Crippen molar-refractivity contribution in [3.8, 4) is 5.75 Å². The molecule has 1 saturated heterocycles. The average Bonchev–Trinajstić information content (AvgIpc) is 2.67. The van der Waals surface area contributed by atoms with Crippen LogP contribution in [0.5, 0.6) is 5.75 Å². The molecule has 0 aliphatic carbocycles. The van der Waals surface area contributed by atoms with Gasteiger partial charge in [0.2, 0.25) is 0 Å². The number of hydrogen-bond donors (Lipinski definition) is 1. The summed E-state index contributed by atoms with van der Waals surface area (Å²) in [7, 11) is -4.10. The summed E-state index contributed by atoms with van der Waals surface area (Å²) < 4.78 is 62.3. The van der Waals surface area contributed by atoms with Crippen LogP contribution >= 0.6 is 0 Å². The normalized spacial score (nSPS) is 19.5.